The number of sulfone groups is 1. The largest absolute Gasteiger partial charge is 0.370 e. The van der Waals surface area contributed by atoms with E-state index in [1.54, 1.807) is 6.07 Å². The van der Waals surface area contributed by atoms with Gasteiger partial charge in [-0.15, -0.1) is 0 Å². The molecule has 0 spiro atoms. The van der Waals surface area contributed by atoms with Crippen molar-refractivity contribution in [3.8, 4) is 0 Å². The molecule has 1 amide bonds. The van der Waals surface area contributed by atoms with E-state index in [-0.39, 0.29) is 16.4 Å². The fraction of sp³-hybridized carbons (Fsp3) is 0.467. The van der Waals surface area contributed by atoms with E-state index in [2.05, 4.69) is 4.99 Å². The summed E-state index contributed by atoms with van der Waals surface area (Å²) < 4.78 is 24.4. The zero-order chi connectivity index (χ0) is 17.2. The van der Waals surface area contributed by atoms with Crippen LogP contribution in [0.5, 0.6) is 0 Å². The Balaban J connectivity index is 2.66. The number of aliphatic imine (C=N–C) groups is 1. The summed E-state index contributed by atoms with van der Waals surface area (Å²) in [6.07, 6.45) is 3.77. The van der Waals surface area contributed by atoms with Gasteiger partial charge in [-0.2, -0.15) is 4.99 Å². The van der Waals surface area contributed by atoms with E-state index in [9.17, 15) is 13.2 Å². The number of guanidine groups is 1. The maximum Gasteiger partial charge on any atom is 0.280 e. The first-order chi connectivity index (χ1) is 10.7. The second kappa shape index (κ2) is 6.57. The number of rotatable bonds is 4. The fourth-order valence-corrected chi connectivity index (χ4v) is 3.68. The van der Waals surface area contributed by atoms with Gasteiger partial charge in [0.1, 0.15) is 0 Å². The van der Waals surface area contributed by atoms with Crippen LogP contribution in [0.15, 0.2) is 22.0 Å². The maximum absolute atomic E-state index is 12.2. The van der Waals surface area contributed by atoms with Crippen LogP contribution in [0.2, 0.25) is 0 Å². The average molecular weight is 338 g/mol. The number of nitrogens with zero attached hydrogens (tertiary/aromatic N) is 2. The quantitative estimate of drug-likeness (QED) is 0.615. The first kappa shape index (κ1) is 17.3. The Hall–Kier alpha value is -2.09. The third-order valence-corrected chi connectivity index (χ3v) is 5.00. The van der Waals surface area contributed by atoms with Gasteiger partial charge in [0, 0.05) is 24.9 Å². The van der Waals surface area contributed by atoms with E-state index in [4.69, 9.17) is 11.5 Å². The van der Waals surface area contributed by atoms with Crippen LogP contribution in [-0.2, 0) is 16.3 Å². The topological polar surface area (TPSA) is 119 Å². The minimum absolute atomic E-state index is 0.144. The molecule has 23 heavy (non-hydrogen) atoms. The van der Waals surface area contributed by atoms with Crippen molar-refractivity contribution in [2.45, 2.75) is 31.1 Å². The highest BCUT2D eigenvalue weighted by molar-refractivity contribution is 7.90. The summed E-state index contributed by atoms with van der Waals surface area (Å²) in [5.74, 6) is -0.971. The molecule has 1 saturated heterocycles. The second-order valence-electron chi connectivity index (χ2n) is 5.64. The Bertz CT molecular complexity index is 746. The molecule has 8 heteroatoms. The summed E-state index contributed by atoms with van der Waals surface area (Å²) in [7, 11) is -3.49. The number of hydrogen-bond donors (Lipinski definition) is 2. The first-order valence-corrected chi connectivity index (χ1v) is 9.39. The van der Waals surface area contributed by atoms with Crippen molar-refractivity contribution in [2.24, 2.45) is 16.5 Å². The van der Waals surface area contributed by atoms with Gasteiger partial charge in [0.2, 0.25) is 0 Å². The normalized spacial score (nSPS) is 14.8. The van der Waals surface area contributed by atoms with E-state index in [0.29, 0.717) is 12.1 Å². The summed E-state index contributed by atoms with van der Waals surface area (Å²) in [5, 5.41) is 0. The smallest absolute Gasteiger partial charge is 0.280 e. The Morgan fingerprint density at radius 1 is 1.26 bits per heavy atom. The first-order valence-electron chi connectivity index (χ1n) is 7.50. The number of amides is 1. The van der Waals surface area contributed by atoms with Gasteiger partial charge < -0.3 is 16.4 Å². The maximum atomic E-state index is 12.2. The Kier molecular flexibility index (Phi) is 4.93. The third-order valence-electron chi connectivity index (χ3n) is 3.87. The standard InChI is InChI=1S/C15H22N4O3S/c1-3-10-8-12(19-6-4-5-7-19)13(23(2,21)22)9-11(10)14(20)18-15(16)17/h8-9H,3-7H2,1-2H3,(H4,16,17,18,20). The van der Waals surface area contributed by atoms with Gasteiger partial charge in [0.05, 0.1) is 10.6 Å². The van der Waals surface area contributed by atoms with E-state index >= 15 is 0 Å². The van der Waals surface area contributed by atoms with Crippen LogP contribution in [0.25, 0.3) is 0 Å². The molecule has 0 radical (unpaired) electrons. The number of nitrogens with two attached hydrogens (primary N) is 2. The van der Waals surface area contributed by atoms with Gasteiger partial charge in [-0.3, -0.25) is 4.79 Å². The molecule has 0 atom stereocenters. The molecule has 1 aliphatic rings. The van der Waals surface area contributed by atoms with Crippen molar-refractivity contribution < 1.29 is 13.2 Å². The highest BCUT2D eigenvalue weighted by Gasteiger charge is 2.24. The number of anilines is 1. The second-order valence-corrected chi connectivity index (χ2v) is 7.62. The fourth-order valence-electron chi connectivity index (χ4n) is 2.78. The molecule has 0 saturated carbocycles. The number of aryl methyl sites for hydroxylation is 1. The molecule has 1 fully saturated rings. The van der Waals surface area contributed by atoms with Crippen molar-refractivity contribution in [3.05, 3.63) is 23.3 Å². The lowest BCUT2D eigenvalue weighted by Crippen LogP contribution is -2.25. The van der Waals surface area contributed by atoms with Gasteiger partial charge in [-0.25, -0.2) is 8.42 Å². The van der Waals surface area contributed by atoms with Crippen LogP contribution >= 0.6 is 0 Å². The minimum atomic E-state index is -3.49. The van der Waals surface area contributed by atoms with Crippen LogP contribution in [0.4, 0.5) is 5.69 Å². The molecule has 0 aliphatic carbocycles. The molecule has 4 N–H and O–H groups in total. The zero-order valence-corrected chi connectivity index (χ0v) is 14.2. The molecule has 2 rings (SSSR count). The molecule has 0 aromatic heterocycles. The Labute approximate surface area is 136 Å². The van der Waals surface area contributed by atoms with E-state index < -0.39 is 15.7 Å². The number of carbonyl (C=O) groups is 1. The van der Waals surface area contributed by atoms with Gasteiger partial charge in [-0.1, -0.05) is 6.92 Å². The molecule has 1 heterocycles. The molecule has 1 aromatic rings. The molecule has 126 valence electrons. The Morgan fingerprint density at radius 2 is 1.87 bits per heavy atom. The van der Waals surface area contributed by atoms with Gasteiger partial charge >= 0.3 is 0 Å². The summed E-state index contributed by atoms with van der Waals surface area (Å²) in [6, 6.07) is 3.17. The number of hydrogen-bond acceptors (Lipinski definition) is 4. The van der Waals surface area contributed by atoms with Crippen LogP contribution in [0.1, 0.15) is 35.7 Å². The van der Waals surface area contributed by atoms with Crippen molar-refractivity contribution in [1.82, 2.24) is 0 Å². The molecule has 0 unspecified atom stereocenters. The lowest BCUT2D eigenvalue weighted by molar-refractivity contribution is 0.100. The highest BCUT2D eigenvalue weighted by Crippen LogP contribution is 2.32. The Morgan fingerprint density at radius 3 is 2.35 bits per heavy atom. The molecule has 7 nitrogen and oxygen atoms in total. The van der Waals surface area contributed by atoms with E-state index in [0.717, 1.165) is 37.8 Å². The average Bonchev–Trinajstić information content (AvgIpc) is 2.98. The number of benzene rings is 1. The SMILES string of the molecule is CCc1cc(N2CCCC2)c(S(C)(=O)=O)cc1C(=O)N=C(N)N. The predicted octanol–water partition coefficient (Wildman–Crippen LogP) is 0.666. The minimum Gasteiger partial charge on any atom is -0.370 e. The van der Waals surface area contributed by atoms with Crippen molar-refractivity contribution >= 4 is 27.4 Å². The van der Waals surface area contributed by atoms with Crippen LogP contribution in [-0.4, -0.2) is 39.6 Å². The van der Waals surface area contributed by atoms with Crippen molar-refractivity contribution in [3.63, 3.8) is 0 Å². The van der Waals surface area contributed by atoms with Gasteiger partial charge in [0.25, 0.3) is 5.91 Å². The molecular weight excluding hydrogens is 316 g/mol. The van der Waals surface area contributed by atoms with Crippen molar-refractivity contribution in [1.29, 1.82) is 0 Å². The summed E-state index contributed by atoms with van der Waals surface area (Å²) >= 11 is 0. The zero-order valence-electron chi connectivity index (χ0n) is 13.4. The van der Waals surface area contributed by atoms with Gasteiger partial charge in [0.15, 0.2) is 15.8 Å². The lowest BCUT2D eigenvalue weighted by atomic mass is 10.0. The molecule has 0 bridgehead atoms. The van der Waals surface area contributed by atoms with E-state index in [1.165, 1.54) is 6.07 Å². The highest BCUT2D eigenvalue weighted by atomic mass is 32.2. The van der Waals surface area contributed by atoms with Crippen LogP contribution < -0.4 is 16.4 Å². The molecular formula is C15H22N4O3S. The summed E-state index contributed by atoms with van der Waals surface area (Å²) in [5.41, 5.74) is 12.1. The van der Waals surface area contributed by atoms with E-state index in [1.807, 2.05) is 11.8 Å². The number of carbonyl (C=O) groups excluding carboxylic acids is 1. The molecule has 1 aromatic carbocycles. The van der Waals surface area contributed by atoms with Crippen LogP contribution in [0.3, 0.4) is 0 Å². The third kappa shape index (κ3) is 3.82. The van der Waals surface area contributed by atoms with Crippen molar-refractivity contribution in [2.75, 3.05) is 24.2 Å². The summed E-state index contributed by atoms with van der Waals surface area (Å²) in [4.78, 5) is 17.9. The lowest BCUT2D eigenvalue weighted by Gasteiger charge is -2.22. The molecule has 1 aliphatic heterocycles. The predicted molar refractivity (Wildman–Crippen MR) is 90.5 cm³/mol. The monoisotopic (exact) mass is 338 g/mol. The van der Waals surface area contributed by atoms with Crippen LogP contribution in [0, 0.1) is 0 Å². The summed E-state index contributed by atoms with van der Waals surface area (Å²) in [6.45, 7) is 3.52. The van der Waals surface area contributed by atoms with Gasteiger partial charge in [-0.05, 0) is 37.0 Å².